The normalized spacial score (nSPS) is 11.0. The highest BCUT2D eigenvalue weighted by Crippen LogP contribution is 2.10. The fourth-order valence-electron chi connectivity index (χ4n) is 1.09. The predicted octanol–water partition coefficient (Wildman–Crippen LogP) is 3.02. The largest absolute Gasteiger partial charge is 0.396 e. The lowest BCUT2D eigenvalue weighted by atomic mass is 10.2. The molecule has 0 saturated heterocycles. The molecule has 14 heavy (non-hydrogen) atoms. The molecule has 0 spiro atoms. The van der Waals surface area contributed by atoms with Crippen molar-refractivity contribution >= 4 is 22.0 Å². The fraction of sp³-hybridized carbons (Fsp3) is 0.364. The Kier molecular flexibility index (Phi) is 5.49. The Hall–Kier alpha value is -0.670. The van der Waals surface area contributed by atoms with Gasteiger partial charge in [0.15, 0.2) is 0 Å². The summed E-state index contributed by atoms with van der Waals surface area (Å²) >= 11 is 3.39. The fourth-order valence-corrected chi connectivity index (χ4v) is 1.44. The number of aromatic nitrogens is 1. The van der Waals surface area contributed by atoms with Crippen LogP contribution in [0.5, 0.6) is 0 Å². The first-order valence-electron chi connectivity index (χ1n) is 4.72. The summed E-state index contributed by atoms with van der Waals surface area (Å²) in [4.78, 5) is 4.19. The number of aliphatic hydroxyl groups is 1. The van der Waals surface area contributed by atoms with Gasteiger partial charge in [0.05, 0.1) is 5.69 Å². The lowest BCUT2D eigenvalue weighted by Gasteiger charge is -1.94. The Labute approximate surface area is 92.8 Å². The van der Waals surface area contributed by atoms with Gasteiger partial charge in [0.25, 0.3) is 0 Å². The molecule has 0 amide bonds. The third-order valence-corrected chi connectivity index (χ3v) is 2.30. The monoisotopic (exact) mass is 255 g/mol. The number of hydrogen-bond acceptors (Lipinski definition) is 2. The molecule has 1 rings (SSSR count). The second-order valence-electron chi connectivity index (χ2n) is 3.02. The molecule has 3 heteroatoms. The second kappa shape index (κ2) is 6.74. The number of aliphatic hydroxyl groups excluding tert-OH is 1. The van der Waals surface area contributed by atoms with Gasteiger partial charge < -0.3 is 5.11 Å². The summed E-state index contributed by atoms with van der Waals surface area (Å²) in [6.07, 6.45) is 8.76. The van der Waals surface area contributed by atoms with E-state index in [0.717, 1.165) is 29.4 Å². The molecule has 0 atom stereocenters. The molecule has 0 aliphatic heterocycles. The van der Waals surface area contributed by atoms with Crippen LogP contribution in [-0.2, 0) is 0 Å². The van der Waals surface area contributed by atoms with Crippen LogP contribution in [0.25, 0.3) is 6.08 Å². The van der Waals surface area contributed by atoms with Crippen LogP contribution < -0.4 is 0 Å². The number of unbranched alkanes of at least 4 members (excludes halogenated alkanes) is 2. The first-order chi connectivity index (χ1) is 6.83. The lowest BCUT2D eigenvalue weighted by molar-refractivity contribution is 0.285. The van der Waals surface area contributed by atoms with Gasteiger partial charge in [-0.15, -0.1) is 0 Å². The summed E-state index contributed by atoms with van der Waals surface area (Å²) < 4.78 is 1.04. The van der Waals surface area contributed by atoms with Crippen molar-refractivity contribution in [3.8, 4) is 0 Å². The van der Waals surface area contributed by atoms with Gasteiger partial charge in [-0.05, 0) is 37.5 Å². The number of allylic oxidation sites excluding steroid dienone is 1. The molecule has 1 N–H and O–H groups in total. The Morgan fingerprint density at radius 2 is 2.29 bits per heavy atom. The van der Waals surface area contributed by atoms with Gasteiger partial charge in [-0.3, -0.25) is 4.98 Å². The maximum atomic E-state index is 8.58. The molecule has 0 unspecified atom stereocenters. The van der Waals surface area contributed by atoms with Crippen molar-refractivity contribution in [2.24, 2.45) is 0 Å². The summed E-state index contributed by atoms with van der Waals surface area (Å²) in [5, 5.41) is 8.58. The lowest BCUT2D eigenvalue weighted by Crippen LogP contribution is -1.81. The zero-order valence-electron chi connectivity index (χ0n) is 7.99. The first kappa shape index (κ1) is 11.4. The van der Waals surface area contributed by atoms with Crippen molar-refractivity contribution in [2.45, 2.75) is 19.3 Å². The van der Waals surface area contributed by atoms with Gasteiger partial charge in [0.1, 0.15) is 0 Å². The summed E-state index contributed by atoms with van der Waals surface area (Å²) in [7, 11) is 0. The van der Waals surface area contributed by atoms with Crippen LogP contribution >= 0.6 is 15.9 Å². The molecule has 0 radical (unpaired) electrons. The molecular weight excluding hydrogens is 242 g/mol. The van der Waals surface area contributed by atoms with E-state index in [1.807, 2.05) is 18.2 Å². The predicted molar refractivity (Wildman–Crippen MR) is 61.9 cm³/mol. The summed E-state index contributed by atoms with van der Waals surface area (Å²) in [6.45, 7) is 0.281. The molecule has 76 valence electrons. The van der Waals surface area contributed by atoms with Crippen LogP contribution in [-0.4, -0.2) is 16.7 Å². The van der Waals surface area contributed by atoms with E-state index >= 15 is 0 Å². The Balaban J connectivity index is 2.36. The van der Waals surface area contributed by atoms with E-state index in [2.05, 4.69) is 27.0 Å². The van der Waals surface area contributed by atoms with E-state index < -0.39 is 0 Å². The van der Waals surface area contributed by atoms with E-state index in [9.17, 15) is 0 Å². The third kappa shape index (κ3) is 4.53. The number of rotatable bonds is 5. The van der Waals surface area contributed by atoms with Gasteiger partial charge in [-0.1, -0.05) is 22.0 Å². The number of halogens is 1. The maximum Gasteiger partial charge on any atom is 0.0637 e. The minimum atomic E-state index is 0.281. The Bertz CT molecular complexity index is 299. The van der Waals surface area contributed by atoms with Gasteiger partial charge in [-0.2, -0.15) is 0 Å². The van der Waals surface area contributed by atoms with Crippen LogP contribution in [0.1, 0.15) is 25.0 Å². The van der Waals surface area contributed by atoms with E-state index in [-0.39, 0.29) is 6.61 Å². The molecule has 1 aromatic rings. The van der Waals surface area contributed by atoms with E-state index in [4.69, 9.17) is 5.11 Å². The second-order valence-corrected chi connectivity index (χ2v) is 3.94. The van der Waals surface area contributed by atoms with Crippen LogP contribution in [0.4, 0.5) is 0 Å². The molecule has 0 aliphatic rings. The molecule has 0 bridgehead atoms. The number of hydrogen-bond donors (Lipinski definition) is 1. The highest BCUT2D eigenvalue weighted by Gasteiger charge is 1.89. The molecule has 0 aromatic carbocycles. The van der Waals surface area contributed by atoms with E-state index in [1.165, 1.54) is 0 Å². The van der Waals surface area contributed by atoms with E-state index in [0.29, 0.717) is 0 Å². The average Bonchev–Trinajstić information content (AvgIpc) is 2.18. The van der Waals surface area contributed by atoms with Crippen molar-refractivity contribution in [1.29, 1.82) is 0 Å². The average molecular weight is 256 g/mol. The number of pyridine rings is 1. The van der Waals surface area contributed by atoms with Crippen LogP contribution in [0.3, 0.4) is 0 Å². The standard InChI is InChI=1S/C11H14BrNO/c12-10-6-7-13-11(9-10)5-3-1-2-4-8-14/h3,5-7,9,14H,1-2,4,8H2. The smallest absolute Gasteiger partial charge is 0.0637 e. The van der Waals surface area contributed by atoms with Crippen LogP contribution in [0, 0.1) is 0 Å². The van der Waals surface area contributed by atoms with Crippen molar-refractivity contribution in [3.05, 3.63) is 34.6 Å². The van der Waals surface area contributed by atoms with E-state index in [1.54, 1.807) is 6.20 Å². The molecule has 0 fully saturated rings. The highest BCUT2D eigenvalue weighted by atomic mass is 79.9. The molecular formula is C11H14BrNO. The SMILES string of the molecule is OCCCCC=Cc1cc(Br)ccn1. The quantitative estimate of drug-likeness (QED) is 0.821. The molecule has 1 aromatic heterocycles. The van der Waals surface area contributed by atoms with Gasteiger partial charge in [0.2, 0.25) is 0 Å². The topological polar surface area (TPSA) is 33.1 Å². The molecule has 0 saturated carbocycles. The zero-order chi connectivity index (χ0) is 10.2. The number of nitrogens with zero attached hydrogens (tertiary/aromatic N) is 1. The Morgan fingerprint density at radius 1 is 1.43 bits per heavy atom. The summed E-state index contributed by atoms with van der Waals surface area (Å²) in [5.41, 5.74) is 0.961. The minimum Gasteiger partial charge on any atom is -0.396 e. The Morgan fingerprint density at radius 3 is 3.00 bits per heavy atom. The minimum absolute atomic E-state index is 0.281. The van der Waals surface area contributed by atoms with Crippen molar-refractivity contribution in [3.63, 3.8) is 0 Å². The first-order valence-corrected chi connectivity index (χ1v) is 5.51. The van der Waals surface area contributed by atoms with Gasteiger partial charge >= 0.3 is 0 Å². The molecule has 2 nitrogen and oxygen atoms in total. The summed E-state index contributed by atoms with van der Waals surface area (Å²) in [5.74, 6) is 0. The third-order valence-electron chi connectivity index (χ3n) is 1.81. The van der Waals surface area contributed by atoms with Crippen molar-refractivity contribution in [1.82, 2.24) is 4.98 Å². The highest BCUT2D eigenvalue weighted by molar-refractivity contribution is 9.10. The molecule has 0 aliphatic carbocycles. The summed E-state index contributed by atoms with van der Waals surface area (Å²) in [6, 6.07) is 3.88. The molecule has 1 heterocycles. The van der Waals surface area contributed by atoms with Crippen molar-refractivity contribution < 1.29 is 5.11 Å². The van der Waals surface area contributed by atoms with Gasteiger partial charge in [0, 0.05) is 17.3 Å². The van der Waals surface area contributed by atoms with Crippen LogP contribution in [0.2, 0.25) is 0 Å². The van der Waals surface area contributed by atoms with Crippen molar-refractivity contribution in [2.75, 3.05) is 6.61 Å². The zero-order valence-corrected chi connectivity index (χ0v) is 9.57. The van der Waals surface area contributed by atoms with Crippen LogP contribution in [0.15, 0.2) is 28.9 Å². The maximum absolute atomic E-state index is 8.58. The van der Waals surface area contributed by atoms with Gasteiger partial charge in [-0.25, -0.2) is 0 Å².